The van der Waals surface area contributed by atoms with E-state index in [9.17, 15) is 5.11 Å². The smallest absolute Gasteiger partial charge is 0.175 e. The Labute approximate surface area is 121 Å². The average molecular weight is 328 g/mol. The van der Waals surface area contributed by atoms with Crippen molar-refractivity contribution in [3.8, 4) is 11.5 Å². The maximum atomic E-state index is 9.24. The Morgan fingerprint density at radius 1 is 1.26 bits per heavy atom. The number of nitrogens with one attached hydrogen (secondary N) is 1. The molecule has 1 aliphatic carbocycles. The molecule has 1 fully saturated rings. The number of halogens is 1. The number of rotatable bonds is 4. The second-order valence-corrected chi connectivity index (χ2v) is 6.08. The van der Waals surface area contributed by atoms with Crippen LogP contribution in [0.5, 0.6) is 11.5 Å². The largest absolute Gasteiger partial charge is 0.486 e. The van der Waals surface area contributed by atoms with E-state index in [1.807, 2.05) is 6.07 Å². The van der Waals surface area contributed by atoms with Gasteiger partial charge < -0.3 is 19.9 Å². The minimum absolute atomic E-state index is 0.0739. The number of fused-ring (bicyclic) bond motifs is 1. The highest BCUT2D eigenvalue weighted by Crippen LogP contribution is 2.38. The zero-order valence-corrected chi connectivity index (χ0v) is 12.3. The van der Waals surface area contributed by atoms with Crippen LogP contribution in [0.15, 0.2) is 16.6 Å². The van der Waals surface area contributed by atoms with Crippen LogP contribution >= 0.6 is 15.9 Å². The van der Waals surface area contributed by atoms with Gasteiger partial charge in [0.15, 0.2) is 11.5 Å². The van der Waals surface area contributed by atoms with Gasteiger partial charge in [0.2, 0.25) is 0 Å². The maximum Gasteiger partial charge on any atom is 0.175 e. The van der Waals surface area contributed by atoms with Crippen molar-refractivity contribution in [2.75, 3.05) is 19.8 Å². The summed E-state index contributed by atoms with van der Waals surface area (Å²) in [5.74, 6) is 2.24. The van der Waals surface area contributed by atoms with Crippen molar-refractivity contribution in [2.24, 2.45) is 5.92 Å². The lowest BCUT2D eigenvalue weighted by Gasteiger charge is -2.31. The van der Waals surface area contributed by atoms with Gasteiger partial charge >= 0.3 is 0 Å². The summed E-state index contributed by atoms with van der Waals surface area (Å²) in [6.45, 7) is 2.98. The summed E-state index contributed by atoms with van der Waals surface area (Å²) in [5, 5.41) is 12.7. The fourth-order valence-corrected chi connectivity index (χ4v) is 3.16. The van der Waals surface area contributed by atoms with Gasteiger partial charge in [0, 0.05) is 6.54 Å². The zero-order valence-electron chi connectivity index (χ0n) is 10.7. The van der Waals surface area contributed by atoms with E-state index in [4.69, 9.17) is 9.47 Å². The predicted molar refractivity (Wildman–Crippen MR) is 75.6 cm³/mol. The van der Waals surface area contributed by atoms with Gasteiger partial charge in [-0.3, -0.25) is 0 Å². The fraction of sp³-hybridized carbons (Fsp3) is 0.571. The van der Waals surface area contributed by atoms with E-state index < -0.39 is 0 Å². The van der Waals surface area contributed by atoms with Crippen LogP contribution in [0, 0.1) is 5.92 Å². The lowest BCUT2D eigenvalue weighted by molar-refractivity contribution is 0.0429. The van der Waals surface area contributed by atoms with E-state index in [0.29, 0.717) is 19.1 Å². The van der Waals surface area contributed by atoms with Gasteiger partial charge in [-0.05, 0) is 58.9 Å². The summed E-state index contributed by atoms with van der Waals surface area (Å²) in [7, 11) is 0. The molecule has 0 spiro atoms. The van der Waals surface area contributed by atoms with Crippen LogP contribution < -0.4 is 14.8 Å². The molecule has 2 N–H and O–H groups in total. The third kappa shape index (κ3) is 3.04. The molecule has 2 aliphatic rings. The minimum Gasteiger partial charge on any atom is -0.486 e. The maximum absolute atomic E-state index is 9.24. The second-order valence-electron chi connectivity index (χ2n) is 5.22. The van der Waals surface area contributed by atoms with Crippen LogP contribution in [-0.4, -0.2) is 31.0 Å². The molecule has 0 amide bonds. The van der Waals surface area contributed by atoms with Gasteiger partial charge in [0.1, 0.15) is 13.2 Å². The summed E-state index contributed by atoms with van der Waals surface area (Å²) in [6, 6.07) is 4.10. The fourth-order valence-electron chi connectivity index (χ4n) is 2.55. The van der Waals surface area contributed by atoms with E-state index in [0.717, 1.165) is 41.9 Å². The molecule has 104 valence electrons. The van der Waals surface area contributed by atoms with Crippen molar-refractivity contribution < 1.29 is 14.6 Å². The molecule has 0 aromatic heterocycles. The topological polar surface area (TPSA) is 50.7 Å². The molecule has 0 bridgehead atoms. The summed E-state index contributed by atoms with van der Waals surface area (Å²) in [5.41, 5.74) is 1.18. The summed E-state index contributed by atoms with van der Waals surface area (Å²) in [4.78, 5) is 0. The molecule has 5 heteroatoms. The van der Waals surface area contributed by atoms with Gasteiger partial charge in [-0.15, -0.1) is 0 Å². The van der Waals surface area contributed by atoms with E-state index in [1.165, 1.54) is 5.56 Å². The Hall–Kier alpha value is -0.780. The molecular formula is C14H18BrNO3. The van der Waals surface area contributed by atoms with Gasteiger partial charge in [0.25, 0.3) is 0 Å². The van der Waals surface area contributed by atoms with Crippen LogP contribution in [0.2, 0.25) is 0 Å². The number of hydrogen-bond donors (Lipinski definition) is 2. The van der Waals surface area contributed by atoms with Crippen molar-refractivity contribution in [1.82, 2.24) is 5.32 Å². The Kier molecular flexibility index (Phi) is 3.96. The van der Waals surface area contributed by atoms with Crippen molar-refractivity contribution in [3.05, 3.63) is 22.2 Å². The average Bonchev–Trinajstić information content (AvgIpc) is 2.37. The highest BCUT2D eigenvalue weighted by atomic mass is 79.9. The van der Waals surface area contributed by atoms with E-state index >= 15 is 0 Å². The molecule has 1 saturated carbocycles. The lowest BCUT2D eigenvalue weighted by Crippen LogP contribution is -2.35. The molecule has 0 saturated heterocycles. The number of benzene rings is 1. The van der Waals surface area contributed by atoms with Gasteiger partial charge in [-0.25, -0.2) is 0 Å². The number of aliphatic hydroxyl groups excluding tert-OH is 1. The second kappa shape index (κ2) is 5.69. The highest BCUT2D eigenvalue weighted by molar-refractivity contribution is 9.10. The van der Waals surface area contributed by atoms with Crippen molar-refractivity contribution in [1.29, 1.82) is 0 Å². The third-order valence-electron chi connectivity index (χ3n) is 3.63. The first kappa shape index (κ1) is 13.2. The standard InChI is InChI=1S/C14H18BrNO3/c15-12-5-10(6-13-14(12)19-2-1-18-13)8-16-7-9-3-11(17)4-9/h5-6,9,11,16-17H,1-4,7-8H2. The van der Waals surface area contributed by atoms with Crippen LogP contribution in [0.4, 0.5) is 0 Å². The molecule has 19 heavy (non-hydrogen) atoms. The van der Waals surface area contributed by atoms with Crippen molar-refractivity contribution in [2.45, 2.75) is 25.5 Å². The molecule has 0 radical (unpaired) electrons. The first-order valence-electron chi connectivity index (χ1n) is 6.69. The normalized spacial score (nSPS) is 24.9. The quantitative estimate of drug-likeness (QED) is 0.889. The molecule has 1 aromatic carbocycles. The van der Waals surface area contributed by atoms with Gasteiger partial charge in [-0.2, -0.15) is 0 Å². The SMILES string of the molecule is OC1CC(CNCc2cc(Br)c3c(c2)OCCO3)C1. The first-order chi connectivity index (χ1) is 9.22. The molecule has 4 nitrogen and oxygen atoms in total. The van der Waals surface area contributed by atoms with Crippen LogP contribution in [0.25, 0.3) is 0 Å². The molecule has 0 unspecified atom stereocenters. The van der Waals surface area contributed by atoms with E-state index in [1.54, 1.807) is 0 Å². The molecule has 1 aromatic rings. The molecule has 1 heterocycles. The number of ether oxygens (including phenoxy) is 2. The Bertz CT molecular complexity index is 460. The minimum atomic E-state index is -0.0739. The van der Waals surface area contributed by atoms with Crippen LogP contribution in [0.1, 0.15) is 18.4 Å². The van der Waals surface area contributed by atoms with Crippen molar-refractivity contribution >= 4 is 15.9 Å². The zero-order chi connectivity index (χ0) is 13.2. The Balaban J connectivity index is 1.57. The Morgan fingerprint density at radius 3 is 2.84 bits per heavy atom. The molecule has 3 rings (SSSR count). The molecule has 0 atom stereocenters. The molecular weight excluding hydrogens is 310 g/mol. The highest BCUT2D eigenvalue weighted by Gasteiger charge is 2.26. The third-order valence-corrected chi connectivity index (χ3v) is 4.22. The number of aliphatic hydroxyl groups is 1. The number of hydrogen-bond acceptors (Lipinski definition) is 4. The van der Waals surface area contributed by atoms with Gasteiger partial charge in [-0.1, -0.05) is 0 Å². The Morgan fingerprint density at radius 2 is 2.05 bits per heavy atom. The van der Waals surface area contributed by atoms with Crippen LogP contribution in [0.3, 0.4) is 0 Å². The summed E-state index contributed by atoms with van der Waals surface area (Å²) < 4.78 is 12.1. The van der Waals surface area contributed by atoms with E-state index in [-0.39, 0.29) is 6.10 Å². The lowest BCUT2D eigenvalue weighted by atomic mass is 9.82. The monoisotopic (exact) mass is 327 g/mol. The first-order valence-corrected chi connectivity index (χ1v) is 7.48. The summed E-state index contributed by atoms with van der Waals surface area (Å²) in [6.07, 6.45) is 1.78. The summed E-state index contributed by atoms with van der Waals surface area (Å²) >= 11 is 3.52. The molecule has 1 aliphatic heterocycles. The van der Waals surface area contributed by atoms with Crippen molar-refractivity contribution in [3.63, 3.8) is 0 Å². The van der Waals surface area contributed by atoms with Gasteiger partial charge in [0.05, 0.1) is 10.6 Å². The van der Waals surface area contributed by atoms with E-state index in [2.05, 4.69) is 27.3 Å². The predicted octanol–water partition coefficient (Wildman–Crippen LogP) is 2.08. The van der Waals surface area contributed by atoms with Crippen LogP contribution in [-0.2, 0) is 6.54 Å².